The van der Waals surface area contributed by atoms with Gasteiger partial charge in [0.15, 0.2) is 10.8 Å². The quantitative estimate of drug-likeness (QED) is 0.456. The molecule has 6 nitrogen and oxygen atoms in total. The summed E-state index contributed by atoms with van der Waals surface area (Å²) in [6, 6.07) is 17.1. The SMILES string of the molecule is O=C(O)c1csc(NC(=O)C(CC2CCCC2)c2ccccc2Oc2ccccc2)n1. The zero-order chi connectivity index (χ0) is 21.6. The van der Waals surface area contributed by atoms with E-state index in [1.54, 1.807) is 0 Å². The lowest BCUT2D eigenvalue weighted by Crippen LogP contribution is -2.23. The Morgan fingerprint density at radius 2 is 1.81 bits per heavy atom. The summed E-state index contributed by atoms with van der Waals surface area (Å²) in [4.78, 5) is 28.5. The molecule has 7 heteroatoms. The summed E-state index contributed by atoms with van der Waals surface area (Å²) in [5, 5.41) is 13.6. The highest BCUT2D eigenvalue weighted by Crippen LogP contribution is 2.39. The van der Waals surface area contributed by atoms with Gasteiger partial charge in [0, 0.05) is 10.9 Å². The largest absolute Gasteiger partial charge is 0.476 e. The van der Waals surface area contributed by atoms with Crippen molar-refractivity contribution >= 4 is 28.3 Å². The van der Waals surface area contributed by atoms with E-state index in [0.29, 0.717) is 22.5 Å². The molecule has 1 aromatic heterocycles. The minimum Gasteiger partial charge on any atom is -0.476 e. The molecule has 0 radical (unpaired) electrons. The third kappa shape index (κ3) is 5.30. The normalized spacial score (nSPS) is 14.8. The van der Waals surface area contributed by atoms with Gasteiger partial charge in [-0.2, -0.15) is 0 Å². The predicted octanol–water partition coefficient (Wildman–Crippen LogP) is 5.94. The van der Waals surface area contributed by atoms with Crippen LogP contribution in [0.3, 0.4) is 0 Å². The van der Waals surface area contributed by atoms with Crippen LogP contribution in [0.5, 0.6) is 11.5 Å². The van der Waals surface area contributed by atoms with Gasteiger partial charge in [0.1, 0.15) is 11.5 Å². The highest BCUT2D eigenvalue weighted by atomic mass is 32.1. The number of ether oxygens (including phenoxy) is 1. The van der Waals surface area contributed by atoms with Crippen LogP contribution in [0.4, 0.5) is 5.13 Å². The van der Waals surface area contributed by atoms with Gasteiger partial charge in [-0.25, -0.2) is 9.78 Å². The molecule has 0 bridgehead atoms. The number of nitrogens with one attached hydrogen (secondary N) is 1. The monoisotopic (exact) mass is 436 g/mol. The van der Waals surface area contributed by atoms with E-state index < -0.39 is 11.9 Å². The summed E-state index contributed by atoms with van der Waals surface area (Å²) in [6.07, 6.45) is 5.33. The second kappa shape index (κ2) is 9.75. The van der Waals surface area contributed by atoms with Crippen molar-refractivity contribution in [3.8, 4) is 11.5 Å². The van der Waals surface area contributed by atoms with Crippen molar-refractivity contribution in [3.63, 3.8) is 0 Å². The first-order chi connectivity index (χ1) is 15.1. The number of carboxylic acids is 1. The molecule has 1 atom stereocenters. The Kier molecular flexibility index (Phi) is 6.62. The van der Waals surface area contributed by atoms with Crippen LogP contribution in [0.15, 0.2) is 60.0 Å². The highest BCUT2D eigenvalue weighted by Gasteiger charge is 2.29. The summed E-state index contributed by atoms with van der Waals surface area (Å²) < 4.78 is 6.12. The molecule has 1 heterocycles. The van der Waals surface area contributed by atoms with Crippen LogP contribution < -0.4 is 10.1 Å². The lowest BCUT2D eigenvalue weighted by atomic mass is 9.86. The lowest BCUT2D eigenvalue weighted by molar-refractivity contribution is -0.118. The molecule has 1 aliphatic carbocycles. The third-order valence-electron chi connectivity index (χ3n) is 5.58. The van der Waals surface area contributed by atoms with Gasteiger partial charge in [0.2, 0.25) is 5.91 Å². The van der Waals surface area contributed by atoms with E-state index >= 15 is 0 Å². The fourth-order valence-electron chi connectivity index (χ4n) is 4.05. The molecule has 2 aromatic carbocycles. The summed E-state index contributed by atoms with van der Waals surface area (Å²) in [7, 11) is 0. The van der Waals surface area contributed by atoms with Crippen molar-refractivity contribution in [1.82, 2.24) is 4.98 Å². The molecule has 0 aliphatic heterocycles. The molecule has 1 fully saturated rings. The van der Waals surface area contributed by atoms with Gasteiger partial charge in [-0.1, -0.05) is 62.1 Å². The number of amides is 1. The smallest absolute Gasteiger partial charge is 0.355 e. The van der Waals surface area contributed by atoms with Gasteiger partial charge in [-0.3, -0.25) is 4.79 Å². The molecular formula is C24H24N2O4S. The maximum absolute atomic E-state index is 13.3. The number of para-hydroxylation sites is 2. The van der Waals surface area contributed by atoms with E-state index in [1.807, 2.05) is 54.6 Å². The number of aromatic nitrogens is 1. The van der Waals surface area contributed by atoms with E-state index in [-0.39, 0.29) is 11.6 Å². The second-order valence-corrected chi connectivity index (χ2v) is 8.58. The zero-order valence-electron chi connectivity index (χ0n) is 17.0. The number of carbonyl (C=O) groups is 2. The Bertz CT molecular complexity index is 1040. The first kappa shape index (κ1) is 21.1. The van der Waals surface area contributed by atoms with Gasteiger partial charge >= 0.3 is 5.97 Å². The minimum atomic E-state index is -1.11. The van der Waals surface area contributed by atoms with Crippen LogP contribution in [0.2, 0.25) is 0 Å². The molecule has 1 unspecified atom stereocenters. The Balaban J connectivity index is 1.61. The Hall–Kier alpha value is -3.19. The van der Waals surface area contributed by atoms with Crippen LogP contribution in [-0.2, 0) is 4.79 Å². The molecular weight excluding hydrogens is 412 g/mol. The topological polar surface area (TPSA) is 88.5 Å². The van der Waals surface area contributed by atoms with E-state index in [9.17, 15) is 9.59 Å². The predicted molar refractivity (Wildman–Crippen MR) is 120 cm³/mol. The maximum atomic E-state index is 13.3. The Morgan fingerprint density at radius 1 is 1.10 bits per heavy atom. The fourth-order valence-corrected chi connectivity index (χ4v) is 4.74. The average molecular weight is 437 g/mol. The zero-order valence-corrected chi connectivity index (χ0v) is 17.8. The molecule has 1 amide bonds. The van der Waals surface area contributed by atoms with Crippen molar-refractivity contribution in [2.75, 3.05) is 5.32 Å². The van der Waals surface area contributed by atoms with Crippen molar-refractivity contribution in [1.29, 1.82) is 0 Å². The summed E-state index contributed by atoms with van der Waals surface area (Å²) in [6.45, 7) is 0. The molecule has 2 N–H and O–H groups in total. The molecule has 3 aromatic rings. The number of aromatic carboxylic acids is 1. The van der Waals surface area contributed by atoms with Crippen molar-refractivity contribution in [2.45, 2.75) is 38.0 Å². The molecule has 1 saturated carbocycles. The summed E-state index contributed by atoms with van der Waals surface area (Å²) in [5.41, 5.74) is 0.756. The molecule has 0 saturated heterocycles. The molecule has 31 heavy (non-hydrogen) atoms. The summed E-state index contributed by atoms with van der Waals surface area (Å²) >= 11 is 1.11. The number of hydrogen-bond acceptors (Lipinski definition) is 5. The average Bonchev–Trinajstić information content (AvgIpc) is 3.45. The van der Waals surface area contributed by atoms with Crippen molar-refractivity contribution in [2.24, 2.45) is 5.92 Å². The number of nitrogens with zero attached hydrogens (tertiary/aromatic N) is 1. The molecule has 1 aliphatic rings. The number of carboxylic acid groups (broad SMARTS) is 1. The van der Waals surface area contributed by atoms with E-state index in [4.69, 9.17) is 9.84 Å². The number of benzene rings is 2. The van der Waals surface area contributed by atoms with E-state index in [2.05, 4.69) is 10.3 Å². The highest BCUT2D eigenvalue weighted by molar-refractivity contribution is 7.14. The lowest BCUT2D eigenvalue weighted by Gasteiger charge is -2.22. The van der Waals surface area contributed by atoms with Gasteiger partial charge in [0.05, 0.1) is 5.92 Å². The van der Waals surface area contributed by atoms with Gasteiger partial charge in [-0.15, -0.1) is 11.3 Å². The first-order valence-corrected chi connectivity index (χ1v) is 11.3. The van der Waals surface area contributed by atoms with Crippen LogP contribution in [0.25, 0.3) is 0 Å². The fraction of sp³-hybridized carbons (Fsp3) is 0.292. The van der Waals surface area contributed by atoms with Crippen LogP contribution >= 0.6 is 11.3 Å². The molecule has 160 valence electrons. The standard InChI is InChI=1S/C24H24N2O4S/c27-22(26-24-25-20(15-31-24)23(28)29)19(14-16-8-4-5-9-16)18-12-6-7-13-21(18)30-17-10-2-1-3-11-17/h1-3,6-7,10-13,15-16,19H,4-5,8-9,14H2,(H,28,29)(H,25,26,27). The van der Waals surface area contributed by atoms with Crippen LogP contribution in [-0.4, -0.2) is 22.0 Å². The first-order valence-electron chi connectivity index (χ1n) is 10.4. The number of hydrogen-bond donors (Lipinski definition) is 2. The molecule has 4 rings (SSSR count). The van der Waals surface area contributed by atoms with Crippen molar-refractivity contribution < 1.29 is 19.4 Å². The van der Waals surface area contributed by atoms with Gasteiger partial charge in [0.25, 0.3) is 0 Å². The Labute approximate surface area is 184 Å². The van der Waals surface area contributed by atoms with Gasteiger partial charge < -0.3 is 15.2 Å². The molecule has 0 spiro atoms. The number of rotatable bonds is 8. The number of carbonyl (C=O) groups excluding carboxylic acids is 1. The Morgan fingerprint density at radius 3 is 2.52 bits per heavy atom. The van der Waals surface area contributed by atoms with Crippen LogP contribution in [0, 0.1) is 5.92 Å². The van der Waals surface area contributed by atoms with E-state index in [1.165, 1.54) is 18.2 Å². The number of thiazole rings is 1. The summed E-state index contributed by atoms with van der Waals surface area (Å²) in [5.74, 6) is 0.118. The second-order valence-electron chi connectivity index (χ2n) is 7.72. The maximum Gasteiger partial charge on any atom is 0.355 e. The third-order valence-corrected chi connectivity index (χ3v) is 6.34. The van der Waals surface area contributed by atoms with Crippen LogP contribution in [0.1, 0.15) is 54.1 Å². The van der Waals surface area contributed by atoms with Crippen molar-refractivity contribution in [3.05, 3.63) is 71.2 Å². The van der Waals surface area contributed by atoms with E-state index in [0.717, 1.165) is 36.2 Å². The number of anilines is 1. The minimum absolute atomic E-state index is 0.0690. The van der Waals surface area contributed by atoms with Gasteiger partial charge in [-0.05, 0) is 30.5 Å².